The Kier molecular flexibility index (Phi) is 3.81. The van der Waals surface area contributed by atoms with E-state index in [1.807, 2.05) is 0 Å². The standard InChI is InChI=1S/C12H13F3O4/c1-6-5-9(16)7(2)4-8(6)11(18,10(17)19-3)12(13,14)15/h4-5,16,18H,1-3H3/t11-/m1/s1. The summed E-state index contributed by atoms with van der Waals surface area (Å²) in [6.45, 7) is 2.60. The lowest BCUT2D eigenvalue weighted by Crippen LogP contribution is -2.50. The van der Waals surface area contributed by atoms with E-state index in [0.717, 1.165) is 19.2 Å². The van der Waals surface area contributed by atoms with Crippen LogP contribution in [0.5, 0.6) is 5.75 Å². The Hall–Kier alpha value is -1.76. The lowest BCUT2D eigenvalue weighted by molar-refractivity contribution is -0.267. The highest BCUT2D eigenvalue weighted by atomic mass is 19.4. The van der Waals surface area contributed by atoms with Gasteiger partial charge in [-0.2, -0.15) is 13.2 Å². The Balaban J connectivity index is 3.60. The Morgan fingerprint density at radius 1 is 1.21 bits per heavy atom. The van der Waals surface area contributed by atoms with Gasteiger partial charge in [0.1, 0.15) is 5.75 Å². The highest BCUT2D eigenvalue weighted by molar-refractivity contribution is 5.83. The number of aromatic hydroxyl groups is 1. The van der Waals surface area contributed by atoms with E-state index in [2.05, 4.69) is 4.74 Å². The maximum Gasteiger partial charge on any atom is 0.432 e. The van der Waals surface area contributed by atoms with E-state index in [-0.39, 0.29) is 16.9 Å². The number of hydrogen-bond acceptors (Lipinski definition) is 4. The molecule has 0 unspecified atom stereocenters. The first kappa shape index (κ1) is 15.3. The Morgan fingerprint density at radius 2 is 1.74 bits per heavy atom. The van der Waals surface area contributed by atoms with Gasteiger partial charge in [-0.1, -0.05) is 0 Å². The van der Waals surface area contributed by atoms with E-state index in [1.165, 1.54) is 13.8 Å². The highest BCUT2D eigenvalue weighted by Crippen LogP contribution is 2.42. The van der Waals surface area contributed by atoms with Crippen LogP contribution >= 0.6 is 0 Å². The van der Waals surface area contributed by atoms with Crippen molar-refractivity contribution in [2.24, 2.45) is 0 Å². The molecule has 0 aromatic heterocycles. The summed E-state index contributed by atoms with van der Waals surface area (Å²) >= 11 is 0. The molecule has 0 heterocycles. The maximum atomic E-state index is 13.0. The molecule has 0 aliphatic heterocycles. The third-order valence-electron chi connectivity index (χ3n) is 2.82. The van der Waals surface area contributed by atoms with E-state index < -0.39 is 23.3 Å². The van der Waals surface area contributed by atoms with Crippen molar-refractivity contribution in [3.63, 3.8) is 0 Å². The number of phenolic OH excluding ortho intramolecular Hbond substituents is 1. The summed E-state index contributed by atoms with van der Waals surface area (Å²) in [5, 5.41) is 19.2. The smallest absolute Gasteiger partial charge is 0.432 e. The molecule has 106 valence electrons. The van der Waals surface area contributed by atoms with Crippen molar-refractivity contribution in [2.75, 3.05) is 7.11 Å². The second-order valence-corrected chi connectivity index (χ2v) is 4.15. The molecule has 0 saturated heterocycles. The number of halogens is 3. The first-order valence-corrected chi connectivity index (χ1v) is 5.24. The molecule has 0 aliphatic carbocycles. The van der Waals surface area contributed by atoms with Gasteiger partial charge in [-0.25, -0.2) is 4.79 Å². The van der Waals surface area contributed by atoms with Crippen LogP contribution in [0.1, 0.15) is 16.7 Å². The zero-order valence-corrected chi connectivity index (χ0v) is 10.5. The molecule has 4 nitrogen and oxygen atoms in total. The molecule has 2 N–H and O–H groups in total. The number of ether oxygens (including phenoxy) is 1. The minimum absolute atomic E-state index is 0.0756. The quantitative estimate of drug-likeness (QED) is 0.811. The van der Waals surface area contributed by atoms with Crippen LogP contribution in [0.25, 0.3) is 0 Å². The van der Waals surface area contributed by atoms with Crippen molar-refractivity contribution in [1.82, 2.24) is 0 Å². The van der Waals surface area contributed by atoms with Crippen molar-refractivity contribution in [3.8, 4) is 5.75 Å². The van der Waals surface area contributed by atoms with Gasteiger partial charge >= 0.3 is 12.1 Å². The molecule has 1 rings (SSSR count). The number of rotatable bonds is 2. The maximum absolute atomic E-state index is 13.0. The number of methoxy groups -OCH3 is 1. The van der Waals surface area contributed by atoms with Crippen molar-refractivity contribution >= 4 is 5.97 Å². The molecule has 0 aliphatic rings. The van der Waals surface area contributed by atoms with Crippen molar-refractivity contribution in [2.45, 2.75) is 25.6 Å². The van der Waals surface area contributed by atoms with E-state index in [0.29, 0.717) is 0 Å². The second-order valence-electron chi connectivity index (χ2n) is 4.15. The van der Waals surface area contributed by atoms with Crippen molar-refractivity contribution in [3.05, 3.63) is 28.8 Å². The fraction of sp³-hybridized carbons (Fsp3) is 0.417. The fourth-order valence-corrected chi connectivity index (χ4v) is 1.72. The number of carbonyl (C=O) groups is 1. The van der Waals surface area contributed by atoms with Crippen LogP contribution in [0.15, 0.2) is 12.1 Å². The third kappa shape index (κ3) is 2.37. The summed E-state index contributed by atoms with van der Waals surface area (Å²) in [7, 11) is 0.752. The van der Waals surface area contributed by atoms with Crippen molar-refractivity contribution in [1.29, 1.82) is 0 Å². The molecule has 0 fully saturated rings. The van der Waals surface area contributed by atoms with Gasteiger partial charge in [-0.15, -0.1) is 0 Å². The summed E-state index contributed by atoms with van der Waals surface area (Å²) in [6, 6.07) is 1.96. The van der Waals surface area contributed by atoms with Crippen LogP contribution in [0.3, 0.4) is 0 Å². The predicted octanol–water partition coefficient (Wildman–Crippen LogP) is 1.93. The molecular formula is C12H13F3O4. The van der Waals surface area contributed by atoms with E-state index in [9.17, 15) is 28.2 Å². The van der Waals surface area contributed by atoms with Crippen molar-refractivity contribution < 1.29 is 32.9 Å². The molecule has 1 aromatic carbocycles. The van der Waals surface area contributed by atoms with Gasteiger partial charge in [0.15, 0.2) is 0 Å². The van der Waals surface area contributed by atoms with Crippen LogP contribution in [0.4, 0.5) is 13.2 Å². The number of esters is 1. The molecule has 0 radical (unpaired) electrons. The summed E-state index contributed by atoms with van der Waals surface area (Å²) in [4.78, 5) is 11.4. The number of phenols is 1. The fourth-order valence-electron chi connectivity index (χ4n) is 1.72. The predicted molar refractivity (Wildman–Crippen MR) is 59.5 cm³/mol. The normalized spacial score (nSPS) is 14.9. The Bertz CT molecular complexity index is 510. The lowest BCUT2D eigenvalue weighted by Gasteiger charge is -2.29. The van der Waals surface area contributed by atoms with E-state index in [1.54, 1.807) is 0 Å². The summed E-state index contributed by atoms with van der Waals surface area (Å²) in [5.41, 5.74) is -4.40. The minimum atomic E-state index is -5.24. The molecule has 0 amide bonds. The van der Waals surface area contributed by atoms with Crippen LogP contribution in [0.2, 0.25) is 0 Å². The van der Waals surface area contributed by atoms with Gasteiger partial charge in [0.05, 0.1) is 7.11 Å². The first-order chi connectivity index (χ1) is 8.55. The van der Waals surface area contributed by atoms with Gasteiger partial charge in [0.2, 0.25) is 0 Å². The van der Waals surface area contributed by atoms with Crippen LogP contribution < -0.4 is 0 Å². The number of aryl methyl sites for hydroxylation is 2. The summed E-state index contributed by atoms with van der Waals surface area (Å²) in [5.74, 6) is -2.05. The average Bonchev–Trinajstić information content (AvgIpc) is 2.30. The van der Waals surface area contributed by atoms with Gasteiger partial charge in [0, 0.05) is 5.56 Å². The Morgan fingerprint density at radius 3 is 2.16 bits per heavy atom. The Labute approximate surface area is 107 Å². The van der Waals surface area contributed by atoms with E-state index >= 15 is 0 Å². The highest BCUT2D eigenvalue weighted by Gasteiger charge is 2.62. The SMILES string of the molecule is COC(=O)[C@](O)(c1cc(C)c(O)cc1C)C(F)(F)F. The summed E-state index contributed by atoms with van der Waals surface area (Å²) < 4.78 is 43.1. The molecule has 0 saturated carbocycles. The number of benzene rings is 1. The lowest BCUT2D eigenvalue weighted by atomic mass is 9.88. The molecule has 19 heavy (non-hydrogen) atoms. The third-order valence-corrected chi connectivity index (χ3v) is 2.82. The zero-order chi connectivity index (χ0) is 15.0. The number of aliphatic hydroxyl groups is 1. The number of hydrogen-bond donors (Lipinski definition) is 2. The monoisotopic (exact) mass is 278 g/mol. The molecule has 0 spiro atoms. The number of alkyl halides is 3. The van der Waals surface area contributed by atoms with E-state index in [4.69, 9.17) is 0 Å². The second kappa shape index (κ2) is 4.73. The van der Waals surface area contributed by atoms with Gasteiger partial charge in [0.25, 0.3) is 5.60 Å². The molecular weight excluding hydrogens is 265 g/mol. The van der Waals surface area contributed by atoms with Crippen LogP contribution in [0, 0.1) is 13.8 Å². The van der Waals surface area contributed by atoms with Crippen LogP contribution in [-0.4, -0.2) is 29.5 Å². The number of carbonyl (C=O) groups excluding carboxylic acids is 1. The average molecular weight is 278 g/mol. The topological polar surface area (TPSA) is 66.8 Å². The van der Waals surface area contributed by atoms with Crippen LogP contribution in [-0.2, 0) is 15.1 Å². The zero-order valence-electron chi connectivity index (χ0n) is 10.5. The summed E-state index contributed by atoms with van der Waals surface area (Å²) in [6.07, 6.45) is -5.24. The van der Waals surface area contributed by atoms with Gasteiger partial charge in [-0.05, 0) is 37.1 Å². The molecule has 1 aromatic rings. The largest absolute Gasteiger partial charge is 0.508 e. The van der Waals surface area contributed by atoms with Gasteiger partial charge < -0.3 is 14.9 Å². The molecule has 7 heteroatoms. The minimum Gasteiger partial charge on any atom is -0.508 e. The molecule has 0 bridgehead atoms. The first-order valence-electron chi connectivity index (χ1n) is 5.24. The van der Waals surface area contributed by atoms with Gasteiger partial charge in [-0.3, -0.25) is 0 Å². The molecule has 1 atom stereocenters.